The van der Waals surface area contributed by atoms with Crippen molar-refractivity contribution >= 4 is 23.0 Å². The Morgan fingerprint density at radius 2 is 1.96 bits per heavy atom. The molecule has 130 valence electrons. The molecular formula is C19H27N3OS. The van der Waals surface area contributed by atoms with E-state index in [1.165, 1.54) is 11.1 Å². The Balaban J connectivity index is 2.18. The smallest absolute Gasteiger partial charge is 0.174 e. The number of anilines is 1. The molecule has 0 amide bonds. The molecule has 1 heterocycles. The van der Waals surface area contributed by atoms with Crippen LogP contribution >= 0.6 is 12.2 Å². The highest BCUT2D eigenvalue weighted by molar-refractivity contribution is 7.80. The lowest BCUT2D eigenvalue weighted by atomic mass is 10.1. The molecular weight excluding hydrogens is 318 g/mol. The summed E-state index contributed by atoms with van der Waals surface area (Å²) in [6.07, 6.45) is 1.71. The van der Waals surface area contributed by atoms with Gasteiger partial charge in [-0.05, 0) is 76.4 Å². The van der Waals surface area contributed by atoms with Gasteiger partial charge in [0.25, 0.3) is 0 Å². The molecule has 0 aliphatic rings. The minimum Gasteiger partial charge on any atom is -0.467 e. The average Bonchev–Trinajstić information content (AvgIpc) is 3.05. The molecule has 2 aromatic rings. The van der Waals surface area contributed by atoms with Crippen LogP contribution in [0.2, 0.25) is 0 Å². The van der Waals surface area contributed by atoms with Crippen molar-refractivity contribution in [3.8, 4) is 0 Å². The molecule has 5 heteroatoms. The number of hydrogen-bond donors (Lipinski definition) is 1. The molecule has 1 aromatic heterocycles. The zero-order chi connectivity index (χ0) is 17.7. The van der Waals surface area contributed by atoms with Gasteiger partial charge in [-0.15, -0.1) is 0 Å². The molecule has 0 bridgehead atoms. The SMILES string of the molecule is Cc1ccc(C)c(NC(=S)N(CCN(C)C)[C@@H](C)c2ccco2)c1. The minimum atomic E-state index is 0.0741. The number of benzene rings is 1. The number of rotatable bonds is 6. The van der Waals surface area contributed by atoms with Crippen LogP contribution < -0.4 is 5.32 Å². The van der Waals surface area contributed by atoms with Crippen LogP contribution in [0.15, 0.2) is 41.0 Å². The van der Waals surface area contributed by atoms with Gasteiger partial charge in [-0.1, -0.05) is 12.1 Å². The fraction of sp³-hybridized carbons (Fsp3) is 0.421. The Bertz CT molecular complexity index is 667. The van der Waals surface area contributed by atoms with E-state index in [1.54, 1.807) is 6.26 Å². The van der Waals surface area contributed by atoms with Crippen LogP contribution in [0.3, 0.4) is 0 Å². The largest absolute Gasteiger partial charge is 0.467 e. The molecule has 24 heavy (non-hydrogen) atoms. The van der Waals surface area contributed by atoms with Crippen molar-refractivity contribution in [3.63, 3.8) is 0 Å². The lowest BCUT2D eigenvalue weighted by molar-refractivity contribution is 0.263. The normalized spacial score (nSPS) is 12.2. The highest BCUT2D eigenvalue weighted by Gasteiger charge is 2.21. The van der Waals surface area contributed by atoms with E-state index in [9.17, 15) is 0 Å². The Morgan fingerprint density at radius 3 is 2.58 bits per heavy atom. The number of hydrogen-bond acceptors (Lipinski definition) is 3. The summed E-state index contributed by atoms with van der Waals surface area (Å²) in [4.78, 5) is 4.33. The standard InChI is InChI=1S/C19H27N3OS/c1-14-8-9-15(2)17(13-14)20-19(24)22(11-10-21(4)5)16(3)18-7-6-12-23-18/h6-9,12-13,16H,10-11H2,1-5H3,(H,20,24)/t16-/m0/s1. The van der Waals surface area contributed by atoms with E-state index < -0.39 is 0 Å². The second-order valence-corrected chi connectivity index (χ2v) is 6.82. The van der Waals surface area contributed by atoms with Crippen LogP contribution in [-0.2, 0) is 0 Å². The lowest BCUT2D eigenvalue weighted by Gasteiger charge is -2.32. The maximum Gasteiger partial charge on any atom is 0.174 e. The number of thiocarbonyl (C=S) groups is 1. The van der Waals surface area contributed by atoms with Gasteiger partial charge in [0.05, 0.1) is 12.3 Å². The fourth-order valence-corrected chi connectivity index (χ4v) is 2.88. The summed E-state index contributed by atoms with van der Waals surface area (Å²) in [5.74, 6) is 0.916. The van der Waals surface area contributed by atoms with Crippen molar-refractivity contribution in [1.29, 1.82) is 0 Å². The van der Waals surface area contributed by atoms with Crippen LogP contribution in [0.25, 0.3) is 0 Å². The first-order valence-electron chi connectivity index (χ1n) is 8.21. The van der Waals surface area contributed by atoms with Gasteiger partial charge in [0.1, 0.15) is 5.76 Å². The molecule has 0 aliphatic heterocycles. The van der Waals surface area contributed by atoms with Crippen molar-refractivity contribution in [1.82, 2.24) is 9.80 Å². The van der Waals surface area contributed by atoms with E-state index in [4.69, 9.17) is 16.6 Å². The summed E-state index contributed by atoms with van der Waals surface area (Å²) < 4.78 is 5.58. The third-order valence-corrected chi connectivity index (χ3v) is 4.44. The maximum atomic E-state index is 5.72. The zero-order valence-electron chi connectivity index (χ0n) is 15.2. The summed E-state index contributed by atoms with van der Waals surface area (Å²) in [5.41, 5.74) is 3.45. The molecule has 2 rings (SSSR count). The molecule has 0 aliphatic carbocycles. The number of furan rings is 1. The van der Waals surface area contributed by atoms with Crippen molar-refractivity contribution in [2.24, 2.45) is 0 Å². The number of nitrogens with zero attached hydrogens (tertiary/aromatic N) is 2. The van der Waals surface area contributed by atoms with Gasteiger partial charge in [0, 0.05) is 18.8 Å². The Hall–Kier alpha value is -1.85. The molecule has 1 atom stereocenters. The van der Waals surface area contributed by atoms with Crippen LogP contribution in [0.1, 0.15) is 29.9 Å². The molecule has 0 unspecified atom stereocenters. The van der Waals surface area contributed by atoms with Crippen LogP contribution in [-0.4, -0.2) is 42.1 Å². The van der Waals surface area contributed by atoms with Crippen molar-refractivity contribution in [2.45, 2.75) is 26.8 Å². The summed E-state index contributed by atoms with van der Waals surface area (Å²) in [5, 5.41) is 4.13. The Labute approximate surface area is 150 Å². The average molecular weight is 346 g/mol. The van der Waals surface area contributed by atoms with Crippen LogP contribution in [0, 0.1) is 13.8 Å². The van der Waals surface area contributed by atoms with Gasteiger partial charge in [0.15, 0.2) is 5.11 Å². The first kappa shape index (κ1) is 18.5. The van der Waals surface area contributed by atoms with Gasteiger partial charge in [-0.2, -0.15) is 0 Å². The topological polar surface area (TPSA) is 31.6 Å². The van der Waals surface area contributed by atoms with Crippen molar-refractivity contribution in [3.05, 3.63) is 53.5 Å². The third kappa shape index (κ3) is 4.82. The van der Waals surface area contributed by atoms with Crippen molar-refractivity contribution in [2.75, 3.05) is 32.5 Å². The highest BCUT2D eigenvalue weighted by Crippen LogP contribution is 2.23. The Morgan fingerprint density at radius 1 is 1.21 bits per heavy atom. The number of aryl methyl sites for hydroxylation is 2. The molecule has 0 radical (unpaired) electrons. The lowest BCUT2D eigenvalue weighted by Crippen LogP contribution is -2.40. The molecule has 0 saturated carbocycles. The predicted molar refractivity (Wildman–Crippen MR) is 105 cm³/mol. The summed E-state index contributed by atoms with van der Waals surface area (Å²) in [6, 6.07) is 10.3. The maximum absolute atomic E-state index is 5.72. The van der Waals surface area contributed by atoms with Gasteiger partial charge in [0.2, 0.25) is 0 Å². The number of nitrogens with one attached hydrogen (secondary N) is 1. The van der Waals surface area contributed by atoms with E-state index in [0.717, 1.165) is 29.6 Å². The summed E-state index contributed by atoms with van der Waals surface area (Å²) in [7, 11) is 4.13. The fourth-order valence-electron chi connectivity index (χ4n) is 2.52. The number of likely N-dealkylation sites (N-methyl/N-ethyl adjacent to an activating group) is 1. The molecule has 0 saturated heterocycles. The zero-order valence-corrected chi connectivity index (χ0v) is 16.0. The van der Waals surface area contributed by atoms with Gasteiger partial charge >= 0.3 is 0 Å². The third-order valence-electron chi connectivity index (χ3n) is 4.11. The molecule has 0 fully saturated rings. The quantitative estimate of drug-likeness (QED) is 0.793. The van der Waals surface area contributed by atoms with Crippen molar-refractivity contribution < 1.29 is 4.42 Å². The second kappa shape index (κ2) is 8.31. The van der Waals surface area contributed by atoms with Gasteiger partial charge in [-0.3, -0.25) is 0 Å². The molecule has 1 aromatic carbocycles. The minimum absolute atomic E-state index is 0.0741. The van der Waals surface area contributed by atoms with E-state index in [1.807, 2.05) is 12.1 Å². The predicted octanol–water partition coefficient (Wildman–Crippen LogP) is 4.22. The van der Waals surface area contributed by atoms with Gasteiger partial charge < -0.3 is 19.5 Å². The summed E-state index contributed by atoms with van der Waals surface area (Å²) in [6.45, 7) is 8.03. The molecule has 4 nitrogen and oxygen atoms in total. The van der Waals surface area contributed by atoms with E-state index in [2.05, 4.69) is 68.2 Å². The van der Waals surface area contributed by atoms with Crippen LogP contribution in [0.4, 0.5) is 5.69 Å². The van der Waals surface area contributed by atoms with Gasteiger partial charge in [-0.25, -0.2) is 0 Å². The van der Waals surface area contributed by atoms with Crippen LogP contribution in [0.5, 0.6) is 0 Å². The van der Waals surface area contributed by atoms with E-state index in [-0.39, 0.29) is 6.04 Å². The molecule has 0 spiro atoms. The Kier molecular flexibility index (Phi) is 6.40. The summed E-state index contributed by atoms with van der Waals surface area (Å²) >= 11 is 5.72. The second-order valence-electron chi connectivity index (χ2n) is 6.44. The monoisotopic (exact) mass is 345 g/mol. The van der Waals surface area contributed by atoms with E-state index >= 15 is 0 Å². The molecule has 1 N–H and O–H groups in total. The first-order valence-corrected chi connectivity index (χ1v) is 8.62. The van der Waals surface area contributed by atoms with E-state index in [0.29, 0.717) is 0 Å². The first-order chi connectivity index (χ1) is 11.4. The highest BCUT2D eigenvalue weighted by atomic mass is 32.1.